The lowest BCUT2D eigenvalue weighted by Gasteiger charge is -2.26. The lowest BCUT2D eigenvalue weighted by atomic mass is 10.1. The summed E-state index contributed by atoms with van der Waals surface area (Å²) in [6, 6.07) is 7.47. The number of carbonyl (C=O) groups excluding carboxylic acids is 3. The largest absolute Gasteiger partial charge is 0.349 e. The first-order valence-corrected chi connectivity index (χ1v) is 8.91. The van der Waals surface area contributed by atoms with E-state index in [0.717, 1.165) is 31.2 Å². The molecule has 0 bridgehead atoms. The summed E-state index contributed by atoms with van der Waals surface area (Å²) in [7, 11) is 0. The molecule has 1 atom stereocenters. The zero-order valence-electron chi connectivity index (χ0n) is 14.7. The third-order valence-corrected chi connectivity index (χ3v) is 4.54. The van der Waals surface area contributed by atoms with Crippen molar-refractivity contribution in [3.63, 3.8) is 0 Å². The molecule has 3 amide bonds. The van der Waals surface area contributed by atoms with Crippen LogP contribution < -0.4 is 10.6 Å². The van der Waals surface area contributed by atoms with Gasteiger partial charge in [0.25, 0.3) is 5.91 Å². The monoisotopic (exact) mass is 343 g/mol. The highest BCUT2D eigenvalue weighted by Gasteiger charge is 2.34. The van der Waals surface area contributed by atoms with Gasteiger partial charge in [0.05, 0.1) is 0 Å². The molecule has 1 aromatic rings. The van der Waals surface area contributed by atoms with E-state index in [0.29, 0.717) is 18.2 Å². The molecule has 134 valence electrons. The molecule has 0 saturated heterocycles. The van der Waals surface area contributed by atoms with Crippen LogP contribution in [0.25, 0.3) is 0 Å². The molecular weight excluding hydrogens is 318 g/mol. The SMILES string of the molecule is CC(=O)NC(C)C(=O)N(Cc1ccc(C(=O)NC2CC2)cc1)C1CC1. The smallest absolute Gasteiger partial charge is 0.251 e. The van der Waals surface area contributed by atoms with Crippen LogP contribution in [0.5, 0.6) is 0 Å². The first-order chi connectivity index (χ1) is 11.9. The quantitative estimate of drug-likeness (QED) is 0.789. The number of benzene rings is 1. The van der Waals surface area contributed by atoms with Crippen molar-refractivity contribution >= 4 is 17.7 Å². The van der Waals surface area contributed by atoms with E-state index in [-0.39, 0.29) is 23.8 Å². The Morgan fingerprint density at radius 3 is 2.28 bits per heavy atom. The average molecular weight is 343 g/mol. The normalized spacial score (nSPS) is 17.5. The van der Waals surface area contributed by atoms with Crippen LogP contribution in [0.4, 0.5) is 0 Å². The minimum atomic E-state index is -0.526. The molecule has 2 aliphatic carbocycles. The van der Waals surface area contributed by atoms with Crippen molar-refractivity contribution in [1.29, 1.82) is 0 Å². The van der Waals surface area contributed by atoms with E-state index in [9.17, 15) is 14.4 Å². The van der Waals surface area contributed by atoms with E-state index in [4.69, 9.17) is 0 Å². The third kappa shape index (κ3) is 4.81. The molecule has 2 fully saturated rings. The van der Waals surface area contributed by atoms with Crippen LogP contribution >= 0.6 is 0 Å². The lowest BCUT2D eigenvalue weighted by Crippen LogP contribution is -2.46. The van der Waals surface area contributed by atoms with Crippen molar-refractivity contribution in [2.45, 2.75) is 64.2 Å². The van der Waals surface area contributed by atoms with Gasteiger partial charge in [0.15, 0.2) is 0 Å². The predicted octanol–water partition coefficient (Wildman–Crippen LogP) is 1.59. The van der Waals surface area contributed by atoms with Gasteiger partial charge in [0, 0.05) is 31.1 Å². The zero-order valence-corrected chi connectivity index (χ0v) is 14.7. The van der Waals surface area contributed by atoms with Gasteiger partial charge in [-0.2, -0.15) is 0 Å². The van der Waals surface area contributed by atoms with Crippen molar-refractivity contribution in [3.8, 4) is 0 Å². The Labute approximate surface area is 148 Å². The van der Waals surface area contributed by atoms with Crippen LogP contribution in [0.1, 0.15) is 55.5 Å². The van der Waals surface area contributed by atoms with Gasteiger partial charge < -0.3 is 15.5 Å². The molecule has 1 aromatic carbocycles. The fraction of sp³-hybridized carbons (Fsp3) is 0.526. The minimum absolute atomic E-state index is 0.0385. The molecule has 0 radical (unpaired) electrons. The maximum absolute atomic E-state index is 12.6. The molecule has 0 aliphatic heterocycles. The zero-order chi connectivity index (χ0) is 18.0. The molecule has 2 N–H and O–H groups in total. The van der Waals surface area contributed by atoms with Gasteiger partial charge in [-0.1, -0.05) is 12.1 Å². The molecule has 2 saturated carbocycles. The summed E-state index contributed by atoms with van der Waals surface area (Å²) < 4.78 is 0. The van der Waals surface area contributed by atoms with Crippen LogP contribution in [-0.4, -0.2) is 40.7 Å². The Morgan fingerprint density at radius 2 is 1.76 bits per heavy atom. The summed E-state index contributed by atoms with van der Waals surface area (Å²) in [6.07, 6.45) is 4.13. The molecule has 0 spiro atoms. The Hall–Kier alpha value is -2.37. The highest BCUT2D eigenvalue weighted by Crippen LogP contribution is 2.29. The van der Waals surface area contributed by atoms with Gasteiger partial charge >= 0.3 is 0 Å². The fourth-order valence-corrected chi connectivity index (χ4v) is 2.84. The van der Waals surface area contributed by atoms with Crippen LogP contribution in [0, 0.1) is 0 Å². The lowest BCUT2D eigenvalue weighted by molar-refractivity contribution is -0.136. The maximum Gasteiger partial charge on any atom is 0.251 e. The first kappa shape index (κ1) is 17.5. The van der Waals surface area contributed by atoms with E-state index in [2.05, 4.69) is 10.6 Å². The Kier molecular flexibility index (Phi) is 5.06. The highest BCUT2D eigenvalue weighted by molar-refractivity contribution is 5.94. The summed E-state index contributed by atoms with van der Waals surface area (Å²) in [5.74, 6) is -0.306. The van der Waals surface area contributed by atoms with Gasteiger partial charge in [0.2, 0.25) is 11.8 Å². The predicted molar refractivity (Wildman–Crippen MR) is 93.8 cm³/mol. The molecule has 0 aromatic heterocycles. The number of carbonyl (C=O) groups is 3. The van der Waals surface area contributed by atoms with Crippen LogP contribution in [0.3, 0.4) is 0 Å². The Bertz CT molecular complexity index is 663. The van der Waals surface area contributed by atoms with Crippen molar-refractivity contribution in [2.24, 2.45) is 0 Å². The number of rotatable bonds is 7. The van der Waals surface area contributed by atoms with Crippen LogP contribution in [-0.2, 0) is 16.1 Å². The molecular formula is C19H25N3O3. The van der Waals surface area contributed by atoms with Crippen molar-refractivity contribution in [2.75, 3.05) is 0 Å². The van der Waals surface area contributed by atoms with E-state index in [1.807, 2.05) is 17.0 Å². The van der Waals surface area contributed by atoms with Crippen LogP contribution in [0.2, 0.25) is 0 Å². The maximum atomic E-state index is 12.6. The second kappa shape index (κ2) is 7.25. The van der Waals surface area contributed by atoms with E-state index < -0.39 is 6.04 Å². The summed E-state index contributed by atoms with van der Waals surface area (Å²) in [4.78, 5) is 37.7. The molecule has 2 aliphatic rings. The first-order valence-electron chi connectivity index (χ1n) is 8.91. The number of nitrogens with one attached hydrogen (secondary N) is 2. The molecule has 3 rings (SSSR count). The molecule has 1 unspecified atom stereocenters. The molecule has 0 heterocycles. The summed E-state index contributed by atoms with van der Waals surface area (Å²) in [6.45, 7) is 3.62. The summed E-state index contributed by atoms with van der Waals surface area (Å²) >= 11 is 0. The number of nitrogens with zero attached hydrogens (tertiary/aromatic N) is 1. The molecule has 6 nitrogen and oxygen atoms in total. The minimum Gasteiger partial charge on any atom is -0.349 e. The number of amides is 3. The Balaban J connectivity index is 1.62. The Morgan fingerprint density at radius 1 is 1.12 bits per heavy atom. The van der Waals surface area contributed by atoms with Gasteiger partial charge in [-0.15, -0.1) is 0 Å². The molecule has 25 heavy (non-hydrogen) atoms. The topological polar surface area (TPSA) is 78.5 Å². The van der Waals surface area contributed by atoms with E-state index in [1.165, 1.54) is 6.92 Å². The molecule has 6 heteroatoms. The van der Waals surface area contributed by atoms with Gasteiger partial charge in [-0.3, -0.25) is 14.4 Å². The fourth-order valence-electron chi connectivity index (χ4n) is 2.84. The standard InChI is InChI=1S/C19H25N3O3/c1-12(20-13(2)23)19(25)22(17-9-10-17)11-14-3-5-15(6-4-14)18(24)21-16-7-8-16/h3-6,12,16-17H,7-11H2,1-2H3,(H,20,23)(H,21,24). The summed E-state index contributed by atoms with van der Waals surface area (Å²) in [5.41, 5.74) is 1.63. The summed E-state index contributed by atoms with van der Waals surface area (Å²) in [5, 5.41) is 5.62. The average Bonchev–Trinajstić information content (AvgIpc) is 3.45. The number of hydrogen-bond acceptors (Lipinski definition) is 3. The van der Waals surface area contributed by atoms with Crippen LogP contribution in [0.15, 0.2) is 24.3 Å². The third-order valence-electron chi connectivity index (χ3n) is 4.54. The highest BCUT2D eigenvalue weighted by atomic mass is 16.2. The van der Waals surface area contributed by atoms with Crippen molar-refractivity contribution in [3.05, 3.63) is 35.4 Å². The van der Waals surface area contributed by atoms with E-state index in [1.54, 1.807) is 19.1 Å². The van der Waals surface area contributed by atoms with E-state index >= 15 is 0 Å². The van der Waals surface area contributed by atoms with Gasteiger partial charge in [-0.25, -0.2) is 0 Å². The van der Waals surface area contributed by atoms with Gasteiger partial charge in [0.1, 0.15) is 6.04 Å². The van der Waals surface area contributed by atoms with Gasteiger partial charge in [-0.05, 0) is 50.3 Å². The second-order valence-electron chi connectivity index (χ2n) is 7.06. The second-order valence-corrected chi connectivity index (χ2v) is 7.06. The van der Waals surface area contributed by atoms with Crippen molar-refractivity contribution in [1.82, 2.24) is 15.5 Å². The van der Waals surface area contributed by atoms with Crippen molar-refractivity contribution < 1.29 is 14.4 Å². The number of hydrogen-bond donors (Lipinski definition) is 2.